The zero-order valence-corrected chi connectivity index (χ0v) is 2.05. The maximum atomic E-state index is 7.25. The van der Waals surface area contributed by atoms with Crippen molar-refractivity contribution in [1.82, 2.24) is 0 Å². The molecule has 0 aromatic carbocycles. The zero-order chi connectivity index (χ0) is 3.58. The highest BCUT2D eigenvalue weighted by atomic mass is 16.5. The third kappa shape index (κ3) is 573. The maximum absolute atomic E-state index is 7.25. The van der Waals surface area contributed by atoms with Gasteiger partial charge in [-0.3, -0.25) is 0 Å². The van der Waals surface area contributed by atoms with E-state index >= 15 is 0 Å². The molecule has 4 heteroatoms. The van der Waals surface area contributed by atoms with Gasteiger partial charge in [0.15, 0.2) is 0 Å². The molecule has 0 radical (unpaired) electrons. The Hall–Kier alpha value is -0.0551. The van der Waals surface area contributed by atoms with Crippen molar-refractivity contribution in [3.8, 4) is 0 Å². The molecule has 0 atom stereocenters. The summed E-state index contributed by atoms with van der Waals surface area (Å²) in [6.45, 7) is 0. The molecule has 4 heavy (non-hydrogen) atoms. The highest BCUT2D eigenvalue weighted by Crippen LogP contribution is 1.40. The summed E-state index contributed by atoms with van der Waals surface area (Å²) in [5, 5.41) is 21.8. The van der Waals surface area contributed by atoms with Gasteiger partial charge in [0, 0.05) is 0 Å². The van der Waals surface area contributed by atoms with Crippen LogP contribution in [0.4, 0.5) is 0 Å². The van der Waals surface area contributed by atoms with E-state index < -0.39 is 7.32 Å². The lowest BCUT2D eigenvalue weighted by atomic mass is 10.3. The molecule has 3 nitrogen and oxygen atoms in total. The van der Waals surface area contributed by atoms with Crippen molar-refractivity contribution < 1.29 is 15.1 Å². The van der Waals surface area contributed by atoms with Crippen LogP contribution < -0.4 is 0 Å². The summed E-state index contributed by atoms with van der Waals surface area (Å²) in [5.41, 5.74) is 0. The molecule has 0 aliphatic heterocycles. The van der Waals surface area contributed by atoms with Gasteiger partial charge in [-0.05, 0) is 0 Å². The average molecular weight is 62.8 g/mol. The van der Waals surface area contributed by atoms with E-state index in [1.54, 1.807) is 0 Å². The van der Waals surface area contributed by atoms with E-state index in [9.17, 15) is 0 Å². The number of rotatable bonds is 0. The fourth-order valence-electron chi connectivity index (χ4n) is 0. The summed E-state index contributed by atoms with van der Waals surface area (Å²) in [4.78, 5) is 0. The molecule has 0 unspecified atom stereocenters. The second-order valence-corrected chi connectivity index (χ2v) is 0.424. The van der Waals surface area contributed by atoms with E-state index in [1.165, 1.54) is 0 Å². The quantitative estimate of drug-likeness (QED) is 0.276. The van der Waals surface area contributed by atoms with Gasteiger partial charge in [-0.25, -0.2) is 0 Å². The molecule has 0 rings (SSSR count). The minimum Gasteiger partial charge on any atom is -0.562 e. The Labute approximate surface area is 23.7 Å². The third-order valence-corrected chi connectivity index (χ3v) is 0. The van der Waals surface area contributed by atoms with Crippen LogP contribution in [0.5, 0.6) is 0 Å². The van der Waals surface area contributed by atoms with Gasteiger partial charge in [0.25, 0.3) is 0 Å². The summed E-state index contributed by atoms with van der Waals surface area (Å²) >= 11 is 0. The Kier molecular flexibility index (Phi) is 1.27. The summed E-state index contributed by atoms with van der Waals surface area (Å²) < 4.78 is 0. The SMILES string of the molecule is O[BH-](O)O. The second kappa shape index (κ2) is 1.28. The molecule has 3 N–H and O–H groups in total. The zero-order valence-electron chi connectivity index (χ0n) is 2.05. The van der Waals surface area contributed by atoms with E-state index in [1.807, 2.05) is 0 Å². The van der Waals surface area contributed by atoms with E-state index in [2.05, 4.69) is 0 Å². The van der Waals surface area contributed by atoms with Crippen molar-refractivity contribution in [2.75, 3.05) is 0 Å². The molecular formula is H4BO3-. The van der Waals surface area contributed by atoms with Crippen LogP contribution in [0.3, 0.4) is 0 Å². The van der Waals surface area contributed by atoms with Gasteiger partial charge < -0.3 is 15.1 Å². The molecule has 0 amide bonds. The predicted octanol–water partition coefficient (Wildman–Crippen LogP) is -2.32. The molecule has 0 fully saturated rings. The van der Waals surface area contributed by atoms with Crippen LogP contribution in [0, 0.1) is 0 Å². The van der Waals surface area contributed by atoms with Crippen molar-refractivity contribution in [3.63, 3.8) is 0 Å². The van der Waals surface area contributed by atoms with Crippen molar-refractivity contribution in [2.24, 2.45) is 0 Å². The summed E-state index contributed by atoms with van der Waals surface area (Å²) in [6.07, 6.45) is 0. The Balaban J connectivity index is 2.32. The molecule has 0 aliphatic rings. The predicted molar refractivity (Wildman–Crippen MR) is 13.8 cm³/mol. The normalized spacial score (nSPS) is 9.00. The molecule has 0 saturated heterocycles. The minimum atomic E-state index is -2.75. The first-order chi connectivity index (χ1) is 1.73. The molecule has 0 aromatic rings. The first-order valence-electron chi connectivity index (χ1n) is 0.949. The largest absolute Gasteiger partial charge is 0.562 e. The lowest BCUT2D eigenvalue weighted by Crippen LogP contribution is -2.07. The smallest absolute Gasteiger partial charge is 0.357 e. The van der Waals surface area contributed by atoms with Crippen molar-refractivity contribution in [2.45, 2.75) is 0 Å². The van der Waals surface area contributed by atoms with Crippen LogP contribution in [0.15, 0.2) is 0 Å². The van der Waals surface area contributed by atoms with Gasteiger partial charge >= 0.3 is 7.32 Å². The number of hydrogen-bond acceptors (Lipinski definition) is 3. The summed E-state index contributed by atoms with van der Waals surface area (Å²) in [6, 6.07) is 0. The Morgan fingerprint density at radius 3 is 1.00 bits per heavy atom. The molecule has 26 valence electrons. The van der Waals surface area contributed by atoms with Gasteiger partial charge in [0.2, 0.25) is 0 Å². The van der Waals surface area contributed by atoms with Crippen LogP contribution in [-0.4, -0.2) is 22.4 Å². The Morgan fingerprint density at radius 1 is 1.00 bits per heavy atom. The highest BCUT2D eigenvalue weighted by Gasteiger charge is 1.69. The standard InChI is InChI=1S/BH4O3/c2-1(3)4/h1-4H/q-1. The monoisotopic (exact) mass is 63.0 g/mol. The molecule has 0 saturated carbocycles. The van der Waals surface area contributed by atoms with E-state index in [0.29, 0.717) is 0 Å². The van der Waals surface area contributed by atoms with Crippen LogP contribution in [-0.2, 0) is 0 Å². The van der Waals surface area contributed by atoms with Gasteiger partial charge in [-0.2, -0.15) is 0 Å². The van der Waals surface area contributed by atoms with Crippen LogP contribution in [0.1, 0.15) is 0 Å². The average Bonchev–Trinajstić information content (AvgIpc) is 0.811. The highest BCUT2D eigenvalue weighted by molar-refractivity contribution is 6.30. The van der Waals surface area contributed by atoms with Crippen LogP contribution >= 0.6 is 0 Å². The fraction of sp³-hybridized carbons (Fsp3) is 0. The molecule has 0 bridgehead atoms. The second-order valence-electron chi connectivity index (χ2n) is 0.424. The molecule has 0 spiro atoms. The van der Waals surface area contributed by atoms with Crippen molar-refractivity contribution in [3.05, 3.63) is 0 Å². The van der Waals surface area contributed by atoms with Gasteiger partial charge in [0.05, 0.1) is 0 Å². The molecule has 0 heterocycles. The van der Waals surface area contributed by atoms with E-state index in [-0.39, 0.29) is 0 Å². The molecule has 0 aliphatic carbocycles. The summed E-state index contributed by atoms with van der Waals surface area (Å²) in [5.74, 6) is 0. The first-order valence-corrected chi connectivity index (χ1v) is 0.949. The lowest BCUT2D eigenvalue weighted by molar-refractivity contribution is 0.278. The number of hydrogen-bond donors (Lipinski definition) is 3. The fourth-order valence-corrected chi connectivity index (χ4v) is 0. The van der Waals surface area contributed by atoms with E-state index in [4.69, 9.17) is 15.1 Å². The van der Waals surface area contributed by atoms with Gasteiger partial charge in [-0.15, -0.1) is 0 Å². The first kappa shape index (κ1) is 3.94. The molecule has 0 aromatic heterocycles. The molecular weight excluding hydrogens is 58.8 g/mol. The minimum absolute atomic E-state index is 2.75. The topological polar surface area (TPSA) is 60.7 Å². The van der Waals surface area contributed by atoms with Crippen LogP contribution in [0.2, 0.25) is 0 Å². The van der Waals surface area contributed by atoms with Crippen molar-refractivity contribution in [1.29, 1.82) is 0 Å². The van der Waals surface area contributed by atoms with Gasteiger partial charge in [-0.1, -0.05) is 0 Å². The van der Waals surface area contributed by atoms with E-state index in [0.717, 1.165) is 0 Å². The Bertz CT molecular complexity index is 8.00. The summed E-state index contributed by atoms with van der Waals surface area (Å²) in [7, 11) is -2.75. The maximum Gasteiger partial charge on any atom is 0.357 e. The van der Waals surface area contributed by atoms with Crippen molar-refractivity contribution >= 4 is 7.32 Å². The van der Waals surface area contributed by atoms with Gasteiger partial charge in [0.1, 0.15) is 0 Å². The third-order valence-electron chi connectivity index (χ3n) is 0. The lowest BCUT2D eigenvalue weighted by Gasteiger charge is -1.89. The Morgan fingerprint density at radius 2 is 1.00 bits per heavy atom. The van der Waals surface area contributed by atoms with Crippen LogP contribution in [0.25, 0.3) is 0 Å².